The molecule has 4 rings (SSSR count). The van der Waals surface area contributed by atoms with Crippen LogP contribution in [-0.4, -0.2) is 15.8 Å². The molecule has 0 atom stereocenters. The average Bonchev–Trinajstić information content (AvgIpc) is 3.19. The second-order valence-electron chi connectivity index (χ2n) is 6.13. The van der Waals surface area contributed by atoms with Crippen molar-refractivity contribution in [2.75, 3.05) is 0 Å². The minimum Gasteiger partial charge on any atom is -0.513 e. The fourth-order valence-electron chi connectivity index (χ4n) is 2.91. The molecule has 0 amide bonds. The fourth-order valence-corrected chi connectivity index (χ4v) is 2.91. The number of aliphatic hydroxyl groups excluding tert-OH is 1. The number of azo groups is 1. The Labute approximate surface area is 163 Å². The van der Waals surface area contributed by atoms with E-state index >= 15 is 0 Å². The topological polar surface area (TPSA) is 118 Å². The van der Waals surface area contributed by atoms with E-state index in [0.29, 0.717) is 17.5 Å². The van der Waals surface area contributed by atoms with E-state index in [1.807, 2.05) is 30.3 Å². The van der Waals surface area contributed by atoms with Gasteiger partial charge in [-0.3, -0.25) is 14.9 Å². The summed E-state index contributed by atoms with van der Waals surface area (Å²) in [5.41, 5.74) is 0.411. The van der Waals surface area contributed by atoms with Crippen LogP contribution in [0.4, 0.5) is 11.4 Å². The van der Waals surface area contributed by atoms with Gasteiger partial charge in [-0.25, -0.2) is 0 Å². The second kappa shape index (κ2) is 7.35. The molecule has 0 aliphatic carbocycles. The lowest BCUT2D eigenvalue weighted by atomic mass is 10.1. The summed E-state index contributed by atoms with van der Waals surface area (Å²) >= 11 is 0. The zero-order chi connectivity index (χ0) is 20.4. The highest BCUT2D eigenvalue weighted by Crippen LogP contribution is 2.29. The minimum absolute atomic E-state index is 0.0132. The van der Waals surface area contributed by atoms with E-state index in [-0.39, 0.29) is 17.1 Å². The van der Waals surface area contributed by atoms with E-state index in [9.17, 15) is 20.0 Å². The first-order valence-electron chi connectivity index (χ1n) is 8.53. The monoisotopic (exact) mass is 387 g/mol. The lowest BCUT2D eigenvalue weighted by Gasteiger charge is -1.96. The van der Waals surface area contributed by atoms with Gasteiger partial charge in [-0.05, 0) is 35.0 Å². The van der Waals surface area contributed by atoms with Crippen LogP contribution >= 0.6 is 0 Å². The van der Waals surface area contributed by atoms with Gasteiger partial charge in [0.15, 0.2) is 11.5 Å². The Hall–Kier alpha value is -4.33. The molecule has 8 heteroatoms. The number of nitro groups is 1. The van der Waals surface area contributed by atoms with Crippen LogP contribution in [0, 0.1) is 10.1 Å². The van der Waals surface area contributed by atoms with Crippen LogP contribution < -0.4 is 0 Å². The number of carbonyl (C=O) groups is 1. The van der Waals surface area contributed by atoms with Crippen LogP contribution in [0.2, 0.25) is 0 Å². The number of hydrogen-bond donors (Lipinski definition) is 1. The second-order valence-corrected chi connectivity index (χ2v) is 6.13. The molecule has 29 heavy (non-hydrogen) atoms. The largest absolute Gasteiger partial charge is 0.513 e. The summed E-state index contributed by atoms with van der Waals surface area (Å²) in [5.74, 6) is -0.627. The van der Waals surface area contributed by atoms with Crippen LogP contribution in [0.3, 0.4) is 0 Å². The Kier molecular flexibility index (Phi) is 4.58. The first kappa shape index (κ1) is 18.1. The number of Topliss-reactive ketones (excluding diaryl/α,β-unsaturated/α-hetero) is 1. The first-order valence-corrected chi connectivity index (χ1v) is 8.53. The summed E-state index contributed by atoms with van der Waals surface area (Å²) in [4.78, 5) is 22.8. The molecule has 142 valence electrons. The number of allylic oxidation sites excluding steroid dienone is 1. The van der Waals surface area contributed by atoms with E-state index in [1.165, 1.54) is 24.3 Å². The van der Waals surface area contributed by atoms with Gasteiger partial charge in [-0.15, -0.1) is 5.11 Å². The smallest absolute Gasteiger partial charge is 0.269 e. The molecule has 0 spiro atoms. The van der Waals surface area contributed by atoms with E-state index in [1.54, 1.807) is 12.1 Å². The van der Waals surface area contributed by atoms with Gasteiger partial charge in [0.25, 0.3) is 11.5 Å². The number of nitro benzene ring substituents is 1. The van der Waals surface area contributed by atoms with Crippen molar-refractivity contribution in [3.63, 3.8) is 0 Å². The number of non-ortho nitro benzene ring substituents is 1. The van der Waals surface area contributed by atoms with Gasteiger partial charge in [0.05, 0.1) is 10.6 Å². The number of benzene rings is 3. The molecule has 0 aliphatic rings. The van der Waals surface area contributed by atoms with Crippen molar-refractivity contribution in [3.8, 4) is 0 Å². The number of fused-ring (bicyclic) bond motifs is 3. The number of ketones is 1. The van der Waals surface area contributed by atoms with E-state index in [2.05, 4.69) is 10.2 Å². The van der Waals surface area contributed by atoms with Crippen LogP contribution in [0.15, 0.2) is 93.3 Å². The third-order valence-corrected chi connectivity index (χ3v) is 4.34. The minimum atomic E-state index is -0.640. The Morgan fingerprint density at radius 1 is 1.03 bits per heavy atom. The van der Waals surface area contributed by atoms with Crippen molar-refractivity contribution in [1.82, 2.24) is 0 Å². The molecule has 0 bridgehead atoms. The van der Waals surface area contributed by atoms with Crippen molar-refractivity contribution < 1.29 is 19.2 Å². The van der Waals surface area contributed by atoms with E-state index in [0.717, 1.165) is 16.2 Å². The van der Waals surface area contributed by atoms with E-state index < -0.39 is 10.7 Å². The number of carbonyl (C=O) groups excluding carboxylic acids is 1. The standard InChI is InChI=1S/C21H13N3O5/c25-12-18(23-22-14-6-8-15(9-7-14)24(27)28)21(26)20-11-17-16-4-2-1-3-13(16)5-10-19(17)29-20/h1-12,25H/b18-12-,23-22?. The number of furan rings is 1. The predicted octanol–water partition coefficient (Wildman–Crippen LogP) is 5.86. The third-order valence-electron chi connectivity index (χ3n) is 4.34. The summed E-state index contributed by atoms with van der Waals surface area (Å²) in [6, 6.07) is 18.3. The molecule has 0 aliphatic heterocycles. The molecule has 3 aromatic carbocycles. The highest BCUT2D eigenvalue weighted by atomic mass is 16.6. The molecule has 0 unspecified atom stereocenters. The summed E-state index contributed by atoms with van der Waals surface area (Å²) in [6.45, 7) is 0. The first-order chi connectivity index (χ1) is 14.1. The summed E-state index contributed by atoms with van der Waals surface area (Å²) < 4.78 is 5.64. The number of aliphatic hydroxyl groups is 1. The van der Waals surface area contributed by atoms with Gasteiger partial charge in [0.1, 0.15) is 11.8 Å². The van der Waals surface area contributed by atoms with Gasteiger partial charge in [-0.1, -0.05) is 30.3 Å². The lowest BCUT2D eigenvalue weighted by Crippen LogP contribution is -1.99. The van der Waals surface area contributed by atoms with Gasteiger partial charge in [0.2, 0.25) is 0 Å². The van der Waals surface area contributed by atoms with Crippen LogP contribution in [-0.2, 0) is 0 Å². The molecular weight excluding hydrogens is 374 g/mol. The lowest BCUT2D eigenvalue weighted by molar-refractivity contribution is -0.384. The van der Waals surface area contributed by atoms with Gasteiger partial charge in [-0.2, -0.15) is 5.11 Å². The highest BCUT2D eigenvalue weighted by molar-refractivity contribution is 6.12. The predicted molar refractivity (Wildman–Crippen MR) is 106 cm³/mol. The maximum absolute atomic E-state index is 12.7. The SMILES string of the molecule is O=C(/C(=C/O)N=Nc1ccc([N+](=O)[O-])cc1)c1cc2c(ccc3ccccc32)o1. The molecule has 0 fully saturated rings. The third kappa shape index (κ3) is 3.46. The van der Waals surface area contributed by atoms with Crippen molar-refractivity contribution in [2.24, 2.45) is 10.2 Å². The Balaban J connectivity index is 1.63. The van der Waals surface area contributed by atoms with Gasteiger partial charge < -0.3 is 9.52 Å². The van der Waals surface area contributed by atoms with Crippen molar-refractivity contribution >= 4 is 38.9 Å². The normalized spacial score (nSPS) is 12.1. The quantitative estimate of drug-likeness (QED) is 0.115. The summed E-state index contributed by atoms with van der Waals surface area (Å²) in [6.07, 6.45) is 0.544. The van der Waals surface area contributed by atoms with Gasteiger partial charge in [0, 0.05) is 17.5 Å². The highest BCUT2D eigenvalue weighted by Gasteiger charge is 2.18. The molecule has 1 heterocycles. The number of hydrogen-bond acceptors (Lipinski definition) is 7. The van der Waals surface area contributed by atoms with Crippen molar-refractivity contribution in [2.45, 2.75) is 0 Å². The van der Waals surface area contributed by atoms with Crippen molar-refractivity contribution in [3.05, 3.63) is 94.6 Å². The Morgan fingerprint density at radius 2 is 1.79 bits per heavy atom. The van der Waals surface area contributed by atoms with Gasteiger partial charge >= 0.3 is 0 Å². The zero-order valence-electron chi connectivity index (χ0n) is 14.9. The molecule has 4 aromatic rings. The maximum Gasteiger partial charge on any atom is 0.269 e. The molecule has 8 nitrogen and oxygen atoms in total. The van der Waals surface area contributed by atoms with Crippen LogP contribution in [0.1, 0.15) is 10.6 Å². The molecule has 0 radical (unpaired) electrons. The summed E-state index contributed by atoms with van der Waals surface area (Å²) in [5, 5.41) is 30.4. The molecule has 1 aromatic heterocycles. The molecule has 1 N–H and O–H groups in total. The zero-order valence-corrected chi connectivity index (χ0v) is 14.9. The number of nitrogens with zero attached hydrogens (tertiary/aromatic N) is 3. The summed E-state index contributed by atoms with van der Waals surface area (Å²) in [7, 11) is 0. The molecule has 0 saturated heterocycles. The van der Waals surface area contributed by atoms with Crippen molar-refractivity contribution in [1.29, 1.82) is 0 Å². The van der Waals surface area contributed by atoms with E-state index in [4.69, 9.17) is 4.42 Å². The van der Waals surface area contributed by atoms with Crippen LogP contribution in [0.5, 0.6) is 0 Å². The Morgan fingerprint density at radius 3 is 2.52 bits per heavy atom. The fraction of sp³-hybridized carbons (Fsp3) is 0. The Bertz CT molecular complexity index is 1300. The molecule has 0 saturated carbocycles. The molecular formula is C21H13N3O5. The van der Waals surface area contributed by atoms with Crippen LogP contribution in [0.25, 0.3) is 21.7 Å². The maximum atomic E-state index is 12.7. The number of rotatable bonds is 5. The average molecular weight is 387 g/mol.